The van der Waals surface area contributed by atoms with Crippen LogP contribution in [0, 0.1) is 16.7 Å². The van der Waals surface area contributed by atoms with Crippen molar-refractivity contribution in [2.45, 2.75) is 129 Å². The molecule has 4 aliphatic rings. The van der Waals surface area contributed by atoms with Crippen LogP contribution in [0.25, 0.3) is 0 Å². The summed E-state index contributed by atoms with van der Waals surface area (Å²) < 4.78 is 32.9. The van der Waals surface area contributed by atoms with E-state index in [4.69, 9.17) is 23.4 Å². The van der Waals surface area contributed by atoms with Crippen LogP contribution in [0.15, 0.2) is 42.5 Å². The topological polar surface area (TPSA) is 63.2 Å². The van der Waals surface area contributed by atoms with Gasteiger partial charge in [-0.15, -0.1) is 0 Å². The van der Waals surface area contributed by atoms with Gasteiger partial charge in [0.2, 0.25) is 0 Å². The Morgan fingerprint density at radius 1 is 1.05 bits per heavy atom. The molecule has 0 N–H and O–H groups in total. The van der Waals surface area contributed by atoms with Crippen LogP contribution >= 0.6 is 0 Å². The van der Waals surface area contributed by atoms with Gasteiger partial charge in [0.05, 0.1) is 18.1 Å². The number of benzene rings is 1. The number of fused-ring (bicyclic) bond motifs is 3. The molecule has 5 rings (SSSR count). The quantitative estimate of drug-likeness (QED) is 0.231. The Labute approximate surface area is 242 Å². The molecule has 222 valence electrons. The zero-order chi connectivity index (χ0) is 29.2. The monoisotopic (exact) mass is 570 g/mol. The molecule has 0 radical (unpaired) electrons. The minimum atomic E-state index is -1.95. The molecule has 0 amide bonds. The minimum Gasteiger partial charge on any atom is -0.417 e. The molecule has 2 saturated heterocycles. The van der Waals surface area contributed by atoms with Crippen molar-refractivity contribution in [3.8, 4) is 0 Å². The smallest absolute Gasteiger partial charge is 0.191 e. The van der Waals surface area contributed by atoms with E-state index in [1.54, 1.807) is 0 Å². The highest BCUT2D eigenvalue weighted by atomic mass is 28.4. The SMILES string of the molecule is CC1(C)OC2O[C@H](CCO[Si](C)(C)C(C)(C)C)[C@@](/C=C/C34CCC(CC3=O)C4(C)C)(OCc3ccccc3)[C@H]2O1. The largest absolute Gasteiger partial charge is 0.417 e. The molecule has 6 atom stereocenters. The van der Waals surface area contributed by atoms with Crippen LogP contribution in [0.2, 0.25) is 18.1 Å². The Morgan fingerprint density at radius 3 is 2.35 bits per heavy atom. The second kappa shape index (κ2) is 10.1. The van der Waals surface area contributed by atoms with Crippen molar-refractivity contribution in [1.82, 2.24) is 0 Å². The zero-order valence-corrected chi connectivity index (χ0v) is 27.0. The van der Waals surface area contributed by atoms with Crippen molar-refractivity contribution in [2.24, 2.45) is 16.7 Å². The van der Waals surface area contributed by atoms with Crippen molar-refractivity contribution in [3.05, 3.63) is 48.0 Å². The van der Waals surface area contributed by atoms with Crippen LogP contribution < -0.4 is 0 Å². The lowest BCUT2D eigenvalue weighted by Crippen LogP contribution is -2.51. The van der Waals surface area contributed by atoms with Gasteiger partial charge in [0.1, 0.15) is 17.5 Å². The highest BCUT2D eigenvalue weighted by molar-refractivity contribution is 6.74. The summed E-state index contributed by atoms with van der Waals surface area (Å²) in [5, 5.41) is 0.115. The average molecular weight is 571 g/mol. The van der Waals surface area contributed by atoms with Crippen molar-refractivity contribution in [3.63, 3.8) is 0 Å². The Hall–Kier alpha value is -1.35. The van der Waals surface area contributed by atoms with E-state index in [1.165, 1.54) is 0 Å². The van der Waals surface area contributed by atoms with Gasteiger partial charge in [-0.2, -0.15) is 0 Å². The number of ether oxygens (including phenoxy) is 4. The third-order valence-corrected chi connectivity index (χ3v) is 15.4. The van der Waals surface area contributed by atoms with Crippen molar-refractivity contribution >= 4 is 14.1 Å². The lowest BCUT2D eigenvalue weighted by Gasteiger charge is -2.40. The molecule has 1 aromatic rings. The van der Waals surface area contributed by atoms with Gasteiger partial charge < -0.3 is 23.4 Å². The van der Waals surface area contributed by atoms with E-state index in [-0.39, 0.29) is 16.6 Å². The lowest BCUT2D eigenvalue weighted by atomic mass is 9.68. The van der Waals surface area contributed by atoms with Gasteiger partial charge in [0, 0.05) is 13.0 Å². The third kappa shape index (κ3) is 4.99. The number of rotatable bonds is 9. The van der Waals surface area contributed by atoms with E-state index in [1.807, 2.05) is 32.0 Å². The lowest BCUT2D eigenvalue weighted by molar-refractivity contribution is -0.231. The summed E-state index contributed by atoms with van der Waals surface area (Å²) in [6.45, 7) is 20.6. The van der Waals surface area contributed by atoms with E-state index in [2.05, 4.69) is 72.0 Å². The molecule has 6 nitrogen and oxygen atoms in total. The number of carbonyl (C=O) groups excluding carboxylic acids is 1. The van der Waals surface area contributed by atoms with E-state index >= 15 is 0 Å². The summed E-state index contributed by atoms with van der Waals surface area (Å²) in [5.41, 5.74) is -0.440. The fourth-order valence-corrected chi connectivity index (χ4v) is 8.16. The van der Waals surface area contributed by atoms with Crippen molar-refractivity contribution in [1.29, 1.82) is 0 Å². The second-order valence-corrected chi connectivity index (χ2v) is 19.8. The van der Waals surface area contributed by atoms with Gasteiger partial charge in [-0.1, -0.05) is 77.1 Å². The van der Waals surface area contributed by atoms with Gasteiger partial charge in [-0.25, -0.2) is 0 Å². The second-order valence-electron chi connectivity index (χ2n) is 15.0. The van der Waals surface area contributed by atoms with Crippen LogP contribution in [0.4, 0.5) is 0 Å². The summed E-state index contributed by atoms with van der Waals surface area (Å²) >= 11 is 0. The van der Waals surface area contributed by atoms with E-state index in [0.29, 0.717) is 37.8 Å². The first-order valence-corrected chi connectivity index (χ1v) is 18.0. The normalized spacial score (nSPS) is 36.6. The average Bonchev–Trinajstić information content (AvgIpc) is 3.46. The zero-order valence-electron chi connectivity index (χ0n) is 26.0. The highest BCUT2D eigenvalue weighted by Gasteiger charge is 2.66. The molecule has 3 unspecified atom stereocenters. The number of carbonyl (C=O) groups is 1. The summed E-state index contributed by atoms with van der Waals surface area (Å²) in [4.78, 5) is 13.5. The van der Waals surface area contributed by atoms with E-state index in [9.17, 15) is 4.79 Å². The predicted molar refractivity (Wildman–Crippen MR) is 158 cm³/mol. The summed E-state index contributed by atoms with van der Waals surface area (Å²) in [7, 11) is -1.95. The Bertz CT molecular complexity index is 1120. The van der Waals surface area contributed by atoms with Crippen molar-refractivity contribution < 1.29 is 28.2 Å². The van der Waals surface area contributed by atoms with E-state index in [0.717, 1.165) is 18.4 Å². The first-order valence-electron chi connectivity index (χ1n) is 15.1. The van der Waals surface area contributed by atoms with Crippen LogP contribution in [0.1, 0.15) is 79.7 Å². The van der Waals surface area contributed by atoms with E-state index < -0.39 is 37.5 Å². The molecule has 0 spiro atoms. The highest BCUT2D eigenvalue weighted by Crippen LogP contribution is 2.65. The number of hydrogen-bond donors (Lipinski definition) is 0. The number of ketones is 1. The molecule has 40 heavy (non-hydrogen) atoms. The first-order chi connectivity index (χ1) is 18.5. The molecule has 0 aromatic heterocycles. The van der Waals surface area contributed by atoms with Crippen LogP contribution in [0.5, 0.6) is 0 Å². The molecule has 2 saturated carbocycles. The van der Waals surface area contributed by atoms with Gasteiger partial charge in [-0.3, -0.25) is 4.79 Å². The summed E-state index contributed by atoms with van der Waals surface area (Å²) in [6, 6.07) is 10.2. The number of hydrogen-bond acceptors (Lipinski definition) is 6. The molecule has 2 bridgehead atoms. The molecule has 2 aliphatic carbocycles. The molecular weight excluding hydrogens is 520 g/mol. The molecule has 1 aromatic carbocycles. The number of Topliss-reactive ketones (excluding diaryl/α,β-unsaturated/α-hetero) is 1. The number of allylic oxidation sites excluding steroid dienone is 1. The Balaban J connectivity index is 1.51. The Morgan fingerprint density at radius 2 is 1.75 bits per heavy atom. The van der Waals surface area contributed by atoms with Gasteiger partial charge >= 0.3 is 0 Å². The third-order valence-electron chi connectivity index (χ3n) is 10.9. The maximum absolute atomic E-state index is 13.5. The van der Waals surface area contributed by atoms with Gasteiger partial charge in [0.25, 0.3) is 0 Å². The Kier molecular flexibility index (Phi) is 7.63. The fourth-order valence-electron chi connectivity index (χ4n) is 7.10. The summed E-state index contributed by atoms with van der Waals surface area (Å²) in [5.74, 6) is -0.0237. The predicted octanol–water partition coefficient (Wildman–Crippen LogP) is 7.18. The standard InChI is InChI=1S/C33H50O6Si/c1-29(2,3)40(8,9)36-20-16-26-33(35-22-23-13-11-10-12-14-23,27-28(37-26)39-31(6,7)38-27)19-18-32-17-15-24(21-25(32)34)30(32,4)5/h10-14,18-19,24,26-28H,15-17,20-22H2,1-9H3/b19-18+/t24?,26-,27+,28?,32?,33-/m1/s1. The fraction of sp³-hybridized carbons (Fsp3) is 0.727. The summed E-state index contributed by atoms with van der Waals surface area (Å²) in [6.07, 6.45) is 6.20. The maximum Gasteiger partial charge on any atom is 0.191 e. The molecule has 2 aliphatic heterocycles. The van der Waals surface area contributed by atoms with Gasteiger partial charge in [-0.05, 0) is 68.1 Å². The molecule has 4 fully saturated rings. The minimum absolute atomic E-state index is 0.0900. The maximum atomic E-state index is 13.5. The molecule has 7 heteroatoms. The first kappa shape index (κ1) is 30.1. The van der Waals surface area contributed by atoms with Crippen LogP contribution in [-0.2, 0) is 34.8 Å². The van der Waals surface area contributed by atoms with Crippen molar-refractivity contribution in [2.75, 3.05) is 6.61 Å². The van der Waals surface area contributed by atoms with Gasteiger partial charge in [0.15, 0.2) is 20.4 Å². The van der Waals surface area contributed by atoms with Crippen LogP contribution in [-0.4, -0.2) is 50.6 Å². The van der Waals surface area contributed by atoms with Crippen LogP contribution in [0.3, 0.4) is 0 Å². The molecular formula is C33H50O6Si. The molecule has 2 heterocycles.